The lowest BCUT2D eigenvalue weighted by Crippen LogP contribution is -2.28. The Morgan fingerprint density at radius 1 is 0.545 bits per heavy atom. The van der Waals surface area contributed by atoms with Crippen molar-refractivity contribution >= 4 is 11.9 Å². The molecule has 6 heteroatoms. The van der Waals surface area contributed by atoms with Gasteiger partial charge in [0.05, 0.1) is 25.4 Å². The van der Waals surface area contributed by atoms with Gasteiger partial charge < -0.3 is 18.9 Å². The van der Waals surface area contributed by atoms with Gasteiger partial charge in [-0.15, -0.1) is 0 Å². The van der Waals surface area contributed by atoms with Crippen molar-refractivity contribution in [3.63, 3.8) is 0 Å². The van der Waals surface area contributed by atoms with E-state index in [0.717, 1.165) is 25.7 Å². The van der Waals surface area contributed by atoms with Crippen molar-refractivity contribution in [2.24, 2.45) is 0 Å². The first-order valence-electron chi connectivity index (χ1n) is 13.5. The zero-order valence-corrected chi connectivity index (χ0v) is 22.2. The van der Waals surface area contributed by atoms with Gasteiger partial charge in [0.1, 0.15) is 12.7 Å². The van der Waals surface area contributed by atoms with E-state index in [1.807, 2.05) is 20.8 Å². The van der Waals surface area contributed by atoms with Gasteiger partial charge in [-0.2, -0.15) is 0 Å². The predicted octanol–water partition coefficient (Wildman–Crippen LogP) is 6.77. The van der Waals surface area contributed by atoms with Gasteiger partial charge in [-0.1, -0.05) is 78.1 Å². The molecule has 0 amide bonds. The van der Waals surface area contributed by atoms with E-state index in [9.17, 15) is 9.59 Å². The lowest BCUT2D eigenvalue weighted by molar-refractivity contribution is -0.154. The second-order valence-corrected chi connectivity index (χ2v) is 9.31. The van der Waals surface area contributed by atoms with E-state index in [-0.39, 0.29) is 36.9 Å². The van der Waals surface area contributed by atoms with E-state index in [2.05, 4.69) is 13.8 Å². The van der Waals surface area contributed by atoms with Crippen LogP contribution in [0.2, 0.25) is 0 Å². The zero-order valence-electron chi connectivity index (χ0n) is 22.2. The Morgan fingerprint density at radius 3 is 1.52 bits per heavy atom. The van der Waals surface area contributed by atoms with E-state index < -0.39 is 0 Å². The van der Waals surface area contributed by atoms with Crippen LogP contribution in [-0.2, 0) is 28.5 Å². The fourth-order valence-corrected chi connectivity index (χ4v) is 3.39. The normalized spacial score (nSPS) is 14.0. The molecule has 0 spiro atoms. The van der Waals surface area contributed by atoms with Gasteiger partial charge in [0, 0.05) is 12.8 Å². The monoisotopic (exact) mass is 472 g/mol. The number of rotatable bonds is 23. The smallest absolute Gasteiger partial charge is 0.306 e. The fourth-order valence-electron chi connectivity index (χ4n) is 3.39. The molecule has 0 saturated heterocycles. The van der Waals surface area contributed by atoms with Gasteiger partial charge in [0.2, 0.25) is 0 Å². The molecule has 0 rings (SSSR count). The SMILES string of the molecule is CCCCCCCCCC(=O)OCC(C)OCC(C)OCC(C)OC(=O)CCCCCCC. The summed E-state index contributed by atoms with van der Waals surface area (Å²) >= 11 is 0. The van der Waals surface area contributed by atoms with Crippen LogP contribution in [0.1, 0.15) is 125 Å². The molecule has 0 aromatic rings. The van der Waals surface area contributed by atoms with Crippen LogP contribution in [0.4, 0.5) is 0 Å². The molecule has 0 fully saturated rings. The Morgan fingerprint density at radius 2 is 0.970 bits per heavy atom. The molecule has 196 valence electrons. The van der Waals surface area contributed by atoms with E-state index in [1.165, 1.54) is 51.4 Å². The molecule has 0 heterocycles. The minimum atomic E-state index is -0.277. The quantitative estimate of drug-likeness (QED) is 0.121. The molecule has 0 aromatic heterocycles. The molecular weight excluding hydrogens is 420 g/mol. The van der Waals surface area contributed by atoms with Crippen molar-refractivity contribution in [2.45, 2.75) is 143 Å². The molecule has 3 atom stereocenters. The van der Waals surface area contributed by atoms with Gasteiger partial charge in [-0.25, -0.2) is 0 Å². The largest absolute Gasteiger partial charge is 0.463 e. The zero-order chi connectivity index (χ0) is 24.7. The van der Waals surface area contributed by atoms with Gasteiger partial charge in [0.15, 0.2) is 0 Å². The van der Waals surface area contributed by atoms with E-state index in [0.29, 0.717) is 26.1 Å². The summed E-state index contributed by atoms with van der Waals surface area (Å²) < 4.78 is 22.2. The van der Waals surface area contributed by atoms with Crippen molar-refractivity contribution in [3.05, 3.63) is 0 Å². The van der Waals surface area contributed by atoms with Crippen molar-refractivity contribution < 1.29 is 28.5 Å². The molecule has 0 bridgehead atoms. The molecule has 3 unspecified atom stereocenters. The van der Waals surface area contributed by atoms with E-state index in [4.69, 9.17) is 18.9 Å². The molecule has 0 N–H and O–H groups in total. The first kappa shape index (κ1) is 31.9. The molecule has 0 radical (unpaired) electrons. The third-order valence-electron chi connectivity index (χ3n) is 5.51. The summed E-state index contributed by atoms with van der Waals surface area (Å²) in [7, 11) is 0. The van der Waals surface area contributed by atoms with Crippen molar-refractivity contribution in [1.29, 1.82) is 0 Å². The molecule has 33 heavy (non-hydrogen) atoms. The van der Waals surface area contributed by atoms with Crippen LogP contribution in [0, 0.1) is 0 Å². The number of hydrogen-bond acceptors (Lipinski definition) is 6. The summed E-state index contributed by atoms with van der Waals surface area (Å²) in [5.41, 5.74) is 0. The highest BCUT2D eigenvalue weighted by Gasteiger charge is 2.14. The minimum absolute atomic E-state index is 0.133. The molecule has 0 aliphatic heterocycles. The van der Waals surface area contributed by atoms with Crippen molar-refractivity contribution in [3.8, 4) is 0 Å². The Balaban J connectivity index is 3.70. The number of esters is 2. The lowest BCUT2D eigenvalue weighted by atomic mass is 10.1. The van der Waals surface area contributed by atoms with Crippen LogP contribution in [0.25, 0.3) is 0 Å². The third kappa shape index (κ3) is 22.4. The standard InChI is InChI=1S/C27H52O6/c1-6-8-10-12-13-15-16-18-26(28)32-21-24(4)30-20-23(3)31-22-25(5)33-27(29)19-17-14-11-9-7-2/h23-25H,6-22H2,1-5H3. The average Bonchev–Trinajstić information content (AvgIpc) is 2.79. The van der Waals surface area contributed by atoms with Gasteiger partial charge in [-0.05, 0) is 33.6 Å². The average molecular weight is 473 g/mol. The van der Waals surface area contributed by atoms with Crippen LogP contribution < -0.4 is 0 Å². The Bertz CT molecular complexity index is 468. The third-order valence-corrected chi connectivity index (χ3v) is 5.51. The van der Waals surface area contributed by atoms with Crippen LogP contribution in [-0.4, -0.2) is 50.1 Å². The van der Waals surface area contributed by atoms with Gasteiger partial charge in [0.25, 0.3) is 0 Å². The van der Waals surface area contributed by atoms with Gasteiger partial charge in [-0.3, -0.25) is 9.59 Å². The molecule has 0 aliphatic carbocycles. The number of ether oxygens (including phenoxy) is 4. The minimum Gasteiger partial charge on any atom is -0.463 e. The van der Waals surface area contributed by atoms with Crippen molar-refractivity contribution in [2.75, 3.05) is 19.8 Å². The summed E-state index contributed by atoms with van der Waals surface area (Å²) in [6.07, 6.45) is 14.2. The lowest BCUT2D eigenvalue weighted by Gasteiger charge is -2.20. The number of unbranched alkanes of at least 4 members (excludes halogenated alkanes) is 10. The highest BCUT2D eigenvalue weighted by molar-refractivity contribution is 5.69. The summed E-state index contributed by atoms with van der Waals surface area (Å²) in [4.78, 5) is 23.7. The number of carbonyl (C=O) groups is 2. The van der Waals surface area contributed by atoms with E-state index in [1.54, 1.807) is 0 Å². The van der Waals surface area contributed by atoms with Crippen LogP contribution >= 0.6 is 0 Å². The molecular formula is C27H52O6. The second-order valence-electron chi connectivity index (χ2n) is 9.31. The molecule has 6 nitrogen and oxygen atoms in total. The van der Waals surface area contributed by atoms with E-state index >= 15 is 0 Å². The van der Waals surface area contributed by atoms with Crippen LogP contribution in [0.15, 0.2) is 0 Å². The second kappa shape index (κ2) is 22.6. The number of hydrogen-bond donors (Lipinski definition) is 0. The first-order valence-corrected chi connectivity index (χ1v) is 13.5. The summed E-state index contributed by atoms with van der Waals surface area (Å²) in [5.74, 6) is -0.303. The first-order chi connectivity index (χ1) is 15.9. The highest BCUT2D eigenvalue weighted by Crippen LogP contribution is 2.10. The summed E-state index contributed by atoms with van der Waals surface area (Å²) in [6, 6.07) is 0. The Labute approximate surface area is 203 Å². The topological polar surface area (TPSA) is 71.1 Å². The highest BCUT2D eigenvalue weighted by atomic mass is 16.6. The Kier molecular flexibility index (Phi) is 21.9. The fraction of sp³-hybridized carbons (Fsp3) is 0.926. The molecule has 0 aromatic carbocycles. The number of carbonyl (C=O) groups excluding carboxylic acids is 2. The van der Waals surface area contributed by atoms with Crippen molar-refractivity contribution in [1.82, 2.24) is 0 Å². The molecule has 0 saturated carbocycles. The van der Waals surface area contributed by atoms with Crippen LogP contribution in [0.5, 0.6) is 0 Å². The maximum Gasteiger partial charge on any atom is 0.306 e. The molecule has 0 aliphatic rings. The Hall–Kier alpha value is -1.14. The van der Waals surface area contributed by atoms with Gasteiger partial charge >= 0.3 is 11.9 Å². The predicted molar refractivity (Wildman–Crippen MR) is 133 cm³/mol. The summed E-state index contributed by atoms with van der Waals surface area (Å²) in [5, 5.41) is 0. The maximum absolute atomic E-state index is 11.9. The van der Waals surface area contributed by atoms with Crippen LogP contribution in [0.3, 0.4) is 0 Å². The maximum atomic E-state index is 11.9. The summed E-state index contributed by atoms with van der Waals surface area (Å²) in [6.45, 7) is 11.0.